The summed E-state index contributed by atoms with van der Waals surface area (Å²) in [6, 6.07) is 3.82. The van der Waals surface area contributed by atoms with Gasteiger partial charge in [-0.1, -0.05) is 0 Å². The van der Waals surface area contributed by atoms with Crippen molar-refractivity contribution in [2.75, 3.05) is 7.05 Å². The monoisotopic (exact) mass is 376 g/mol. The fraction of sp³-hybridized carbons (Fsp3) is 0.765. The lowest BCUT2D eigenvalue weighted by atomic mass is 9.98. The Morgan fingerprint density at radius 1 is 1.33 bits per heavy atom. The lowest BCUT2D eigenvalue weighted by molar-refractivity contribution is -0.133. The average molecular weight is 377 g/mol. The van der Waals surface area contributed by atoms with E-state index in [1.807, 2.05) is 23.6 Å². The molecular formula is C17H30Cl2N4O. The first-order valence-electron chi connectivity index (χ1n) is 8.48. The van der Waals surface area contributed by atoms with Crippen LogP contribution in [0.1, 0.15) is 56.5 Å². The van der Waals surface area contributed by atoms with Crippen LogP contribution < -0.4 is 5.32 Å². The van der Waals surface area contributed by atoms with E-state index >= 15 is 0 Å². The number of rotatable bonds is 4. The van der Waals surface area contributed by atoms with Gasteiger partial charge in [-0.05, 0) is 52.5 Å². The smallest absolute Gasteiger partial charge is 0.224 e. The van der Waals surface area contributed by atoms with E-state index in [9.17, 15) is 4.79 Å². The summed E-state index contributed by atoms with van der Waals surface area (Å²) < 4.78 is 1.98. The number of amides is 1. The van der Waals surface area contributed by atoms with Crippen molar-refractivity contribution in [3.8, 4) is 0 Å². The molecule has 3 heterocycles. The van der Waals surface area contributed by atoms with Gasteiger partial charge in [0.15, 0.2) is 0 Å². The van der Waals surface area contributed by atoms with Crippen molar-refractivity contribution < 1.29 is 4.79 Å². The van der Waals surface area contributed by atoms with Crippen molar-refractivity contribution in [1.29, 1.82) is 0 Å². The summed E-state index contributed by atoms with van der Waals surface area (Å²) in [6.07, 6.45) is 5.27. The standard InChI is InChI=1S/C17H28N4O.2ClH/c1-11-7-12(2)21(19-11)13(3)8-17(22)20(4)16-9-14-5-6-15(10-16)18-14;;/h7,13-16,18H,5-6,8-10H2,1-4H3;2*1H. The van der Waals surface area contributed by atoms with Crippen LogP contribution in [0.2, 0.25) is 0 Å². The molecular weight excluding hydrogens is 347 g/mol. The summed E-state index contributed by atoms with van der Waals surface area (Å²) in [5.74, 6) is 0.242. The number of carbonyl (C=O) groups excluding carboxylic acids is 1. The van der Waals surface area contributed by atoms with Crippen molar-refractivity contribution in [1.82, 2.24) is 20.0 Å². The number of piperidine rings is 1. The van der Waals surface area contributed by atoms with Gasteiger partial charge in [-0.3, -0.25) is 9.48 Å². The quantitative estimate of drug-likeness (QED) is 0.878. The third-order valence-corrected chi connectivity index (χ3v) is 5.32. The Morgan fingerprint density at radius 2 is 1.92 bits per heavy atom. The lowest BCUT2D eigenvalue weighted by Gasteiger charge is -2.36. The highest BCUT2D eigenvalue weighted by atomic mass is 35.5. The molecule has 2 bridgehead atoms. The van der Waals surface area contributed by atoms with Crippen molar-refractivity contribution >= 4 is 30.7 Å². The highest BCUT2D eigenvalue weighted by Crippen LogP contribution is 2.30. The summed E-state index contributed by atoms with van der Waals surface area (Å²) in [6.45, 7) is 6.13. The van der Waals surface area contributed by atoms with Gasteiger partial charge in [0.2, 0.25) is 5.91 Å². The molecule has 0 radical (unpaired) electrons. The van der Waals surface area contributed by atoms with Crippen molar-refractivity contribution in [3.63, 3.8) is 0 Å². The normalized spacial score (nSPS) is 26.2. The van der Waals surface area contributed by atoms with E-state index in [2.05, 4.69) is 30.3 Å². The zero-order valence-corrected chi connectivity index (χ0v) is 16.6. The van der Waals surface area contributed by atoms with Crippen LogP contribution in [0.25, 0.3) is 0 Å². The molecule has 5 nitrogen and oxygen atoms in total. The molecule has 7 heteroatoms. The molecule has 3 atom stereocenters. The Labute approximate surface area is 157 Å². The number of halogens is 2. The molecule has 1 amide bonds. The molecule has 0 saturated carbocycles. The van der Waals surface area contributed by atoms with Crippen LogP contribution in [-0.4, -0.2) is 45.8 Å². The Kier molecular flexibility index (Phi) is 7.57. The van der Waals surface area contributed by atoms with Crippen LogP contribution in [-0.2, 0) is 4.79 Å². The number of carbonyl (C=O) groups is 1. The fourth-order valence-corrected chi connectivity index (χ4v) is 4.12. The summed E-state index contributed by atoms with van der Waals surface area (Å²) in [4.78, 5) is 14.6. The molecule has 1 N–H and O–H groups in total. The highest BCUT2D eigenvalue weighted by molar-refractivity contribution is 5.85. The minimum absolute atomic E-state index is 0. The Hall–Kier alpha value is -0.780. The van der Waals surface area contributed by atoms with Gasteiger partial charge in [-0.25, -0.2) is 0 Å². The number of aryl methyl sites for hydroxylation is 2. The maximum Gasteiger partial charge on any atom is 0.224 e. The van der Waals surface area contributed by atoms with Gasteiger partial charge in [0.05, 0.1) is 11.7 Å². The van der Waals surface area contributed by atoms with E-state index in [0.29, 0.717) is 24.5 Å². The lowest BCUT2D eigenvalue weighted by Crippen LogP contribution is -2.49. The summed E-state index contributed by atoms with van der Waals surface area (Å²) in [7, 11) is 1.98. The van der Waals surface area contributed by atoms with Crippen LogP contribution in [0.4, 0.5) is 0 Å². The predicted octanol–water partition coefficient (Wildman–Crippen LogP) is 3.04. The molecule has 2 saturated heterocycles. The van der Waals surface area contributed by atoms with E-state index < -0.39 is 0 Å². The molecule has 3 rings (SSSR count). The first kappa shape index (κ1) is 21.3. The number of nitrogens with one attached hydrogen (secondary N) is 1. The minimum Gasteiger partial charge on any atom is -0.343 e. The van der Waals surface area contributed by atoms with E-state index in [-0.39, 0.29) is 36.8 Å². The maximum atomic E-state index is 12.6. The van der Waals surface area contributed by atoms with Crippen LogP contribution in [0.5, 0.6) is 0 Å². The Bertz CT molecular complexity index is 551. The van der Waals surface area contributed by atoms with Crippen LogP contribution in [0, 0.1) is 13.8 Å². The third-order valence-electron chi connectivity index (χ3n) is 5.32. The number of aromatic nitrogens is 2. The van der Waals surface area contributed by atoms with Gasteiger partial charge < -0.3 is 10.2 Å². The molecule has 1 aromatic rings. The van der Waals surface area contributed by atoms with E-state index in [1.54, 1.807) is 0 Å². The third kappa shape index (κ3) is 4.44. The zero-order chi connectivity index (χ0) is 15.9. The molecule has 0 aliphatic carbocycles. The van der Waals surface area contributed by atoms with Crippen molar-refractivity contribution in [3.05, 3.63) is 17.5 Å². The second-order valence-corrected chi connectivity index (χ2v) is 7.19. The molecule has 3 unspecified atom stereocenters. The average Bonchev–Trinajstić information content (AvgIpc) is 2.99. The number of hydrogen-bond acceptors (Lipinski definition) is 3. The molecule has 138 valence electrons. The number of fused-ring (bicyclic) bond motifs is 2. The van der Waals surface area contributed by atoms with Gasteiger partial charge in [-0.15, -0.1) is 24.8 Å². The van der Waals surface area contributed by atoms with E-state index in [4.69, 9.17) is 0 Å². The summed E-state index contributed by atoms with van der Waals surface area (Å²) in [5.41, 5.74) is 2.14. The van der Waals surface area contributed by atoms with Gasteiger partial charge >= 0.3 is 0 Å². The van der Waals surface area contributed by atoms with Gasteiger partial charge in [-0.2, -0.15) is 5.10 Å². The summed E-state index contributed by atoms with van der Waals surface area (Å²) >= 11 is 0. The zero-order valence-electron chi connectivity index (χ0n) is 15.0. The van der Waals surface area contributed by atoms with E-state index in [0.717, 1.165) is 24.2 Å². The van der Waals surface area contributed by atoms with Gasteiger partial charge in [0.1, 0.15) is 0 Å². The predicted molar refractivity (Wildman–Crippen MR) is 101 cm³/mol. The second-order valence-electron chi connectivity index (χ2n) is 7.19. The molecule has 2 aliphatic heterocycles. The molecule has 2 fully saturated rings. The van der Waals surface area contributed by atoms with Crippen LogP contribution in [0.15, 0.2) is 6.07 Å². The number of hydrogen-bond donors (Lipinski definition) is 1. The fourth-order valence-electron chi connectivity index (χ4n) is 4.12. The summed E-state index contributed by atoms with van der Waals surface area (Å²) in [5, 5.41) is 8.14. The van der Waals surface area contributed by atoms with Crippen LogP contribution >= 0.6 is 24.8 Å². The first-order chi connectivity index (χ1) is 10.4. The highest BCUT2D eigenvalue weighted by Gasteiger charge is 2.36. The molecule has 24 heavy (non-hydrogen) atoms. The Balaban J connectivity index is 0.00000144. The maximum absolute atomic E-state index is 12.6. The largest absolute Gasteiger partial charge is 0.343 e. The second kappa shape index (κ2) is 8.54. The SMILES string of the molecule is Cc1cc(C)n(C(C)CC(=O)N(C)C2CC3CCC(C2)N3)n1.Cl.Cl. The topological polar surface area (TPSA) is 50.2 Å². The van der Waals surface area contributed by atoms with Crippen LogP contribution in [0.3, 0.4) is 0 Å². The van der Waals surface area contributed by atoms with Gasteiger partial charge in [0.25, 0.3) is 0 Å². The molecule has 2 aliphatic rings. The molecule has 0 aromatic carbocycles. The Morgan fingerprint density at radius 3 is 2.42 bits per heavy atom. The first-order valence-corrected chi connectivity index (χ1v) is 8.48. The van der Waals surface area contributed by atoms with E-state index in [1.165, 1.54) is 12.8 Å². The van der Waals surface area contributed by atoms with Crippen molar-refractivity contribution in [2.24, 2.45) is 0 Å². The molecule has 0 spiro atoms. The minimum atomic E-state index is 0. The number of nitrogens with zero attached hydrogens (tertiary/aromatic N) is 3. The van der Waals surface area contributed by atoms with Crippen molar-refractivity contribution in [2.45, 2.75) is 77.0 Å². The van der Waals surface area contributed by atoms with Gasteiger partial charge in [0, 0.05) is 37.3 Å². The molecule has 1 aromatic heterocycles.